The van der Waals surface area contributed by atoms with Crippen LogP contribution in [-0.2, 0) is 20.8 Å². The van der Waals surface area contributed by atoms with E-state index in [1.165, 1.54) is 6.92 Å². The van der Waals surface area contributed by atoms with Gasteiger partial charge in [0, 0.05) is 40.3 Å². The lowest BCUT2D eigenvalue weighted by Crippen LogP contribution is -2.41. The number of nitrogens with one attached hydrogen (secondary N) is 3. The number of carboxylic acids is 1. The van der Waals surface area contributed by atoms with Gasteiger partial charge in [-0.15, -0.1) is 0 Å². The smallest absolute Gasteiger partial charge is 0.326 e. The molecule has 2 aromatic carbocycles. The molecule has 7 nitrogen and oxygen atoms in total. The summed E-state index contributed by atoms with van der Waals surface area (Å²) in [5.41, 5.74) is 2.50. The van der Waals surface area contributed by atoms with Crippen LogP contribution in [0.5, 0.6) is 0 Å². The van der Waals surface area contributed by atoms with E-state index in [0.717, 1.165) is 5.56 Å². The number of aliphatic carboxylic acids is 1. The second-order valence-electron chi connectivity index (χ2n) is 6.79. The first-order chi connectivity index (χ1) is 13.7. The van der Waals surface area contributed by atoms with E-state index in [1.54, 1.807) is 36.4 Å². The van der Waals surface area contributed by atoms with E-state index in [4.69, 9.17) is 23.2 Å². The summed E-state index contributed by atoms with van der Waals surface area (Å²) in [5, 5.41) is 18.6. The third kappa shape index (κ3) is 5.19. The first kappa shape index (κ1) is 21.0. The molecule has 0 radical (unpaired) electrons. The summed E-state index contributed by atoms with van der Waals surface area (Å²) in [7, 11) is 0. The minimum atomic E-state index is -1.03. The van der Waals surface area contributed by atoms with Gasteiger partial charge in [-0.2, -0.15) is 0 Å². The Balaban J connectivity index is 1.75. The molecule has 0 aliphatic carbocycles. The van der Waals surface area contributed by atoms with Crippen LogP contribution in [0.4, 0.5) is 11.4 Å². The number of carbonyl (C=O) groups is 3. The quantitative estimate of drug-likeness (QED) is 0.573. The van der Waals surface area contributed by atoms with E-state index in [1.807, 2.05) is 0 Å². The molecule has 1 aliphatic rings. The van der Waals surface area contributed by atoms with Crippen LogP contribution in [0.25, 0.3) is 0 Å². The Bertz CT molecular complexity index is 963. The number of anilines is 2. The number of hydrogen-bond donors (Lipinski definition) is 4. The molecular formula is C20H19Cl2N3O4. The zero-order chi connectivity index (χ0) is 21.1. The fourth-order valence-corrected chi connectivity index (χ4v) is 3.92. The summed E-state index contributed by atoms with van der Waals surface area (Å²) in [4.78, 5) is 35.2. The first-order valence-corrected chi connectivity index (χ1v) is 9.62. The molecule has 29 heavy (non-hydrogen) atoms. The maximum absolute atomic E-state index is 12.6. The standard InChI is InChI=1S/C20H19Cl2N3O4/c1-10(26)23-13-4-2-11(3-5-13)6-18(27)25-16-9-17(20(28)29)24-15-8-12(21)7-14(22)19(15)16/h2-5,7-8,16-17,24H,6,9H2,1H3,(H,23,26)(H,25,27)(H,28,29). The lowest BCUT2D eigenvalue weighted by molar-refractivity contribution is -0.138. The first-order valence-electron chi connectivity index (χ1n) is 8.87. The normalized spacial score (nSPS) is 17.6. The van der Waals surface area contributed by atoms with E-state index < -0.39 is 18.1 Å². The van der Waals surface area contributed by atoms with Gasteiger partial charge in [-0.05, 0) is 29.8 Å². The highest BCUT2D eigenvalue weighted by atomic mass is 35.5. The summed E-state index contributed by atoms with van der Waals surface area (Å²) in [5.74, 6) is -1.48. The van der Waals surface area contributed by atoms with Gasteiger partial charge in [0.15, 0.2) is 0 Å². The predicted octanol–water partition coefficient (Wildman–Crippen LogP) is 3.62. The van der Waals surface area contributed by atoms with Crippen molar-refractivity contribution in [2.24, 2.45) is 0 Å². The highest BCUT2D eigenvalue weighted by molar-refractivity contribution is 6.35. The Hall–Kier alpha value is -2.77. The Morgan fingerprint density at radius 2 is 1.86 bits per heavy atom. The van der Waals surface area contributed by atoms with Crippen molar-refractivity contribution in [2.75, 3.05) is 10.6 Å². The van der Waals surface area contributed by atoms with Gasteiger partial charge in [0.1, 0.15) is 6.04 Å². The zero-order valence-corrected chi connectivity index (χ0v) is 17.0. The summed E-state index contributed by atoms with van der Waals surface area (Å²) < 4.78 is 0. The van der Waals surface area contributed by atoms with Crippen molar-refractivity contribution in [1.82, 2.24) is 5.32 Å². The Morgan fingerprint density at radius 3 is 2.48 bits per heavy atom. The number of benzene rings is 2. The van der Waals surface area contributed by atoms with Crippen molar-refractivity contribution in [3.8, 4) is 0 Å². The number of carboxylic acid groups (broad SMARTS) is 1. The molecule has 2 aromatic rings. The van der Waals surface area contributed by atoms with Crippen LogP contribution in [0.3, 0.4) is 0 Å². The molecule has 1 aliphatic heterocycles. The van der Waals surface area contributed by atoms with Crippen molar-refractivity contribution in [3.05, 3.63) is 57.6 Å². The van der Waals surface area contributed by atoms with Gasteiger partial charge in [0.25, 0.3) is 0 Å². The second kappa shape index (κ2) is 8.71. The summed E-state index contributed by atoms with van der Waals surface area (Å²) in [6, 6.07) is 8.62. The van der Waals surface area contributed by atoms with Gasteiger partial charge in [0.2, 0.25) is 11.8 Å². The van der Waals surface area contributed by atoms with Crippen LogP contribution in [-0.4, -0.2) is 28.9 Å². The summed E-state index contributed by atoms with van der Waals surface area (Å²) >= 11 is 12.3. The fourth-order valence-electron chi connectivity index (χ4n) is 3.29. The van der Waals surface area contributed by atoms with Gasteiger partial charge in [-0.3, -0.25) is 9.59 Å². The van der Waals surface area contributed by atoms with Gasteiger partial charge >= 0.3 is 5.97 Å². The van der Waals surface area contributed by atoms with E-state index in [-0.39, 0.29) is 24.7 Å². The highest BCUT2D eigenvalue weighted by Crippen LogP contribution is 2.39. The molecule has 4 N–H and O–H groups in total. The SMILES string of the molecule is CC(=O)Nc1ccc(CC(=O)NC2CC(C(=O)O)Nc3cc(Cl)cc(Cl)c32)cc1. The molecule has 1 heterocycles. The van der Waals surface area contributed by atoms with Crippen molar-refractivity contribution in [2.45, 2.75) is 31.8 Å². The zero-order valence-electron chi connectivity index (χ0n) is 15.5. The maximum atomic E-state index is 12.6. The Labute approximate surface area is 177 Å². The van der Waals surface area contributed by atoms with E-state index in [9.17, 15) is 19.5 Å². The molecular weight excluding hydrogens is 417 g/mol. The Morgan fingerprint density at radius 1 is 1.17 bits per heavy atom. The molecule has 0 saturated carbocycles. The molecule has 0 bridgehead atoms. The number of carbonyl (C=O) groups excluding carboxylic acids is 2. The largest absolute Gasteiger partial charge is 0.480 e. The lowest BCUT2D eigenvalue weighted by atomic mass is 9.92. The third-order valence-corrected chi connectivity index (χ3v) is 5.05. The maximum Gasteiger partial charge on any atom is 0.326 e. The van der Waals surface area contributed by atoms with Crippen LogP contribution < -0.4 is 16.0 Å². The van der Waals surface area contributed by atoms with E-state index in [2.05, 4.69) is 16.0 Å². The fraction of sp³-hybridized carbons (Fsp3) is 0.250. The van der Waals surface area contributed by atoms with Gasteiger partial charge in [-0.1, -0.05) is 35.3 Å². The van der Waals surface area contributed by atoms with Crippen LogP contribution in [0.2, 0.25) is 10.0 Å². The molecule has 0 spiro atoms. The van der Waals surface area contributed by atoms with E-state index in [0.29, 0.717) is 27.0 Å². The molecule has 0 saturated heterocycles. The second-order valence-corrected chi connectivity index (χ2v) is 7.64. The van der Waals surface area contributed by atoms with Crippen molar-refractivity contribution in [1.29, 1.82) is 0 Å². The van der Waals surface area contributed by atoms with Crippen LogP contribution in [0.15, 0.2) is 36.4 Å². The number of fused-ring (bicyclic) bond motifs is 1. The van der Waals surface area contributed by atoms with Gasteiger partial charge in [-0.25, -0.2) is 4.79 Å². The number of halogens is 2. The molecule has 2 amide bonds. The molecule has 3 rings (SSSR count). The molecule has 0 fully saturated rings. The lowest BCUT2D eigenvalue weighted by Gasteiger charge is -2.32. The number of amides is 2. The summed E-state index contributed by atoms with van der Waals surface area (Å²) in [6.07, 6.45) is 0.249. The average molecular weight is 436 g/mol. The minimum absolute atomic E-state index is 0.0998. The van der Waals surface area contributed by atoms with Crippen molar-refractivity contribution >= 4 is 52.4 Å². The molecule has 152 valence electrons. The minimum Gasteiger partial charge on any atom is -0.480 e. The van der Waals surface area contributed by atoms with Crippen LogP contribution in [0.1, 0.15) is 30.5 Å². The van der Waals surface area contributed by atoms with E-state index >= 15 is 0 Å². The third-order valence-electron chi connectivity index (χ3n) is 4.52. The summed E-state index contributed by atoms with van der Waals surface area (Å²) in [6.45, 7) is 1.42. The van der Waals surface area contributed by atoms with Crippen LogP contribution >= 0.6 is 23.2 Å². The highest BCUT2D eigenvalue weighted by Gasteiger charge is 2.33. The average Bonchev–Trinajstić information content (AvgIpc) is 2.61. The molecule has 0 aromatic heterocycles. The molecule has 9 heteroatoms. The van der Waals surface area contributed by atoms with Gasteiger partial charge in [0.05, 0.1) is 12.5 Å². The number of rotatable bonds is 5. The van der Waals surface area contributed by atoms with Gasteiger partial charge < -0.3 is 21.1 Å². The van der Waals surface area contributed by atoms with Crippen molar-refractivity contribution < 1.29 is 19.5 Å². The monoisotopic (exact) mass is 435 g/mol. The molecule has 2 unspecified atom stereocenters. The Kier molecular flexibility index (Phi) is 6.30. The number of hydrogen-bond acceptors (Lipinski definition) is 4. The van der Waals surface area contributed by atoms with Crippen LogP contribution in [0, 0.1) is 0 Å². The predicted molar refractivity (Wildman–Crippen MR) is 111 cm³/mol. The van der Waals surface area contributed by atoms with Crippen molar-refractivity contribution in [3.63, 3.8) is 0 Å². The topological polar surface area (TPSA) is 108 Å². The molecule has 2 atom stereocenters.